The van der Waals surface area contributed by atoms with Gasteiger partial charge in [-0.15, -0.1) is 0 Å². The summed E-state index contributed by atoms with van der Waals surface area (Å²) in [6.07, 6.45) is 4.59. The largest absolute Gasteiger partial charge is 0.302 e. The summed E-state index contributed by atoms with van der Waals surface area (Å²) in [4.78, 5) is 14.1. The number of sulfone groups is 1. The standard InChI is InChI=1S/C14H25NO3S/c1-3-11-4-5-14(16)12(8-11)9-15(2)13-6-7-19(17,18)10-13/h11-13H,3-10H2,1-2H3. The average Bonchev–Trinajstić information content (AvgIpc) is 2.72. The molecular weight excluding hydrogens is 262 g/mol. The van der Waals surface area contributed by atoms with Gasteiger partial charge in [0.1, 0.15) is 5.78 Å². The lowest BCUT2D eigenvalue weighted by molar-refractivity contribution is -0.126. The van der Waals surface area contributed by atoms with Gasteiger partial charge < -0.3 is 4.90 Å². The number of ketones is 1. The Morgan fingerprint density at radius 2 is 2.05 bits per heavy atom. The predicted molar refractivity (Wildman–Crippen MR) is 75.8 cm³/mol. The fourth-order valence-corrected chi connectivity index (χ4v) is 5.17. The molecule has 3 unspecified atom stereocenters. The van der Waals surface area contributed by atoms with E-state index in [1.807, 2.05) is 7.05 Å². The van der Waals surface area contributed by atoms with E-state index < -0.39 is 9.84 Å². The van der Waals surface area contributed by atoms with Crippen LogP contribution in [0.5, 0.6) is 0 Å². The fourth-order valence-electron chi connectivity index (χ4n) is 3.37. The summed E-state index contributed by atoms with van der Waals surface area (Å²) < 4.78 is 23.0. The Labute approximate surface area is 116 Å². The van der Waals surface area contributed by atoms with Crippen LogP contribution in [0.1, 0.15) is 39.0 Å². The van der Waals surface area contributed by atoms with Crippen LogP contribution in [0.4, 0.5) is 0 Å². The second-order valence-corrected chi connectivity index (χ2v) is 8.44. The Morgan fingerprint density at radius 3 is 2.63 bits per heavy atom. The Morgan fingerprint density at radius 1 is 1.32 bits per heavy atom. The SMILES string of the molecule is CCC1CCC(=O)C(CN(C)C2CCS(=O)(=O)C2)C1. The molecule has 2 fully saturated rings. The van der Waals surface area contributed by atoms with E-state index in [1.54, 1.807) is 0 Å². The van der Waals surface area contributed by atoms with Gasteiger partial charge in [0, 0.05) is 24.9 Å². The summed E-state index contributed by atoms with van der Waals surface area (Å²) in [5.74, 6) is 1.73. The van der Waals surface area contributed by atoms with Crippen LogP contribution in [-0.2, 0) is 14.6 Å². The molecule has 0 N–H and O–H groups in total. The highest BCUT2D eigenvalue weighted by atomic mass is 32.2. The molecule has 0 aromatic rings. The highest BCUT2D eigenvalue weighted by Gasteiger charge is 2.34. The van der Waals surface area contributed by atoms with Gasteiger partial charge in [0.15, 0.2) is 9.84 Å². The van der Waals surface area contributed by atoms with Gasteiger partial charge in [-0.25, -0.2) is 8.42 Å². The molecule has 1 saturated heterocycles. The molecule has 0 bridgehead atoms. The molecule has 2 rings (SSSR count). The molecule has 0 spiro atoms. The highest BCUT2D eigenvalue weighted by molar-refractivity contribution is 7.91. The molecule has 1 aliphatic carbocycles. The monoisotopic (exact) mass is 287 g/mol. The highest BCUT2D eigenvalue weighted by Crippen LogP contribution is 2.30. The number of rotatable bonds is 4. The van der Waals surface area contributed by atoms with Gasteiger partial charge >= 0.3 is 0 Å². The molecule has 0 aromatic heterocycles. The van der Waals surface area contributed by atoms with Crippen LogP contribution in [0.2, 0.25) is 0 Å². The van der Waals surface area contributed by atoms with Crippen LogP contribution >= 0.6 is 0 Å². The van der Waals surface area contributed by atoms with Crippen LogP contribution in [0.3, 0.4) is 0 Å². The van der Waals surface area contributed by atoms with Crippen LogP contribution in [-0.4, -0.2) is 50.2 Å². The van der Waals surface area contributed by atoms with Crippen molar-refractivity contribution in [3.8, 4) is 0 Å². The molecule has 110 valence electrons. The van der Waals surface area contributed by atoms with Crippen molar-refractivity contribution < 1.29 is 13.2 Å². The quantitative estimate of drug-likeness (QED) is 0.786. The first-order chi connectivity index (χ1) is 8.91. The van der Waals surface area contributed by atoms with Crippen molar-refractivity contribution >= 4 is 15.6 Å². The van der Waals surface area contributed by atoms with E-state index in [9.17, 15) is 13.2 Å². The average molecular weight is 287 g/mol. The summed E-state index contributed by atoms with van der Waals surface area (Å²) in [6.45, 7) is 2.92. The maximum atomic E-state index is 12.0. The normalized spacial score (nSPS) is 34.9. The summed E-state index contributed by atoms with van der Waals surface area (Å²) in [5, 5.41) is 0. The number of carbonyl (C=O) groups is 1. The van der Waals surface area contributed by atoms with Gasteiger partial charge in [-0.3, -0.25) is 4.79 Å². The molecule has 0 amide bonds. The maximum absolute atomic E-state index is 12.0. The van der Waals surface area contributed by atoms with Crippen molar-refractivity contribution in [2.75, 3.05) is 25.1 Å². The topological polar surface area (TPSA) is 54.5 Å². The minimum Gasteiger partial charge on any atom is -0.302 e. The first-order valence-electron chi connectivity index (χ1n) is 7.34. The Balaban J connectivity index is 1.91. The van der Waals surface area contributed by atoms with E-state index in [0.717, 1.165) is 32.2 Å². The molecule has 1 heterocycles. The van der Waals surface area contributed by atoms with Crippen molar-refractivity contribution in [3.05, 3.63) is 0 Å². The second-order valence-electron chi connectivity index (χ2n) is 6.21. The van der Waals surface area contributed by atoms with Gasteiger partial charge in [0.25, 0.3) is 0 Å². The Hall–Kier alpha value is -0.420. The van der Waals surface area contributed by atoms with Gasteiger partial charge in [-0.2, -0.15) is 0 Å². The zero-order chi connectivity index (χ0) is 14.0. The third-order valence-corrected chi connectivity index (χ3v) is 6.54. The molecule has 2 aliphatic rings. The van der Waals surface area contributed by atoms with Crippen LogP contribution in [0, 0.1) is 11.8 Å². The number of hydrogen-bond donors (Lipinski definition) is 0. The molecule has 1 aliphatic heterocycles. The zero-order valence-electron chi connectivity index (χ0n) is 12.0. The van der Waals surface area contributed by atoms with Crippen LogP contribution < -0.4 is 0 Å². The third kappa shape index (κ3) is 3.78. The molecule has 1 saturated carbocycles. The summed E-state index contributed by atoms with van der Waals surface area (Å²) >= 11 is 0. The van der Waals surface area contributed by atoms with Gasteiger partial charge in [0.05, 0.1) is 11.5 Å². The maximum Gasteiger partial charge on any atom is 0.151 e. The van der Waals surface area contributed by atoms with E-state index in [2.05, 4.69) is 11.8 Å². The Bertz CT molecular complexity index is 432. The van der Waals surface area contributed by atoms with Crippen molar-refractivity contribution in [2.45, 2.75) is 45.1 Å². The van der Waals surface area contributed by atoms with Crippen LogP contribution in [0.15, 0.2) is 0 Å². The van der Waals surface area contributed by atoms with Crippen LogP contribution in [0.25, 0.3) is 0 Å². The van der Waals surface area contributed by atoms with E-state index in [1.165, 1.54) is 0 Å². The van der Waals surface area contributed by atoms with Gasteiger partial charge in [-0.1, -0.05) is 13.3 Å². The summed E-state index contributed by atoms with van der Waals surface area (Å²) in [5.41, 5.74) is 0. The minimum atomic E-state index is -2.84. The summed E-state index contributed by atoms with van der Waals surface area (Å²) in [6, 6.07) is 0.111. The van der Waals surface area contributed by atoms with Crippen molar-refractivity contribution in [2.24, 2.45) is 11.8 Å². The molecule has 5 heteroatoms. The minimum absolute atomic E-state index is 0.111. The lowest BCUT2D eigenvalue weighted by Crippen LogP contribution is -2.40. The first-order valence-corrected chi connectivity index (χ1v) is 9.16. The van der Waals surface area contributed by atoms with Crippen molar-refractivity contribution in [1.29, 1.82) is 0 Å². The third-order valence-electron chi connectivity index (χ3n) is 4.79. The van der Waals surface area contributed by atoms with Gasteiger partial charge in [-0.05, 0) is 32.2 Å². The van der Waals surface area contributed by atoms with E-state index in [4.69, 9.17) is 0 Å². The van der Waals surface area contributed by atoms with E-state index in [0.29, 0.717) is 23.9 Å². The molecule has 19 heavy (non-hydrogen) atoms. The zero-order valence-corrected chi connectivity index (χ0v) is 12.8. The van der Waals surface area contributed by atoms with E-state index >= 15 is 0 Å². The molecule has 4 nitrogen and oxygen atoms in total. The molecule has 3 atom stereocenters. The number of carbonyl (C=O) groups excluding carboxylic acids is 1. The lowest BCUT2D eigenvalue weighted by atomic mass is 9.79. The Kier molecular flexibility index (Phi) is 4.66. The number of Topliss-reactive ketones (excluding diaryl/α,β-unsaturated/α-hetero) is 1. The number of hydrogen-bond acceptors (Lipinski definition) is 4. The molecule has 0 aromatic carbocycles. The molecular formula is C14H25NO3S. The second kappa shape index (κ2) is 5.92. The van der Waals surface area contributed by atoms with Crippen molar-refractivity contribution in [1.82, 2.24) is 4.90 Å². The van der Waals surface area contributed by atoms with E-state index in [-0.39, 0.29) is 17.7 Å². The lowest BCUT2D eigenvalue weighted by Gasteiger charge is -2.32. The molecule has 0 radical (unpaired) electrons. The summed E-state index contributed by atoms with van der Waals surface area (Å²) in [7, 11) is -0.870. The fraction of sp³-hybridized carbons (Fsp3) is 0.929. The van der Waals surface area contributed by atoms with Gasteiger partial charge in [0.2, 0.25) is 0 Å². The first kappa shape index (κ1) is 15.0. The number of nitrogens with zero attached hydrogens (tertiary/aromatic N) is 1. The smallest absolute Gasteiger partial charge is 0.151 e. The predicted octanol–water partition coefficient (Wildman–Crippen LogP) is 1.50. The van der Waals surface area contributed by atoms with Crippen molar-refractivity contribution in [3.63, 3.8) is 0 Å².